The summed E-state index contributed by atoms with van der Waals surface area (Å²) in [6.45, 7) is 2.18. The smallest absolute Gasteiger partial charge is 0.108 e. The second kappa shape index (κ2) is 8.46. The average molecular weight is 277 g/mol. The fourth-order valence-electron chi connectivity index (χ4n) is 3.47. The molecular formula is C17H31N3. The van der Waals surface area contributed by atoms with Gasteiger partial charge in [0.05, 0.1) is 0 Å². The molecule has 1 aromatic heterocycles. The third-order valence-corrected chi connectivity index (χ3v) is 4.70. The Kier molecular flexibility index (Phi) is 6.58. The maximum absolute atomic E-state index is 6.53. The summed E-state index contributed by atoms with van der Waals surface area (Å²) in [4.78, 5) is 4.48. The molecule has 3 heteroatoms. The average Bonchev–Trinajstić information content (AvgIpc) is 2.91. The second-order valence-electron chi connectivity index (χ2n) is 6.24. The standard InChI is InChI=1S/C17H31N3/c1-2-17-19-13-14-20(17)16-12-10-8-6-4-3-5-7-9-11-15(16)18/h13-16H,2-12,18H2,1H3. The van der Waals surface area contributed by atoms with Gasteiger partial charge in [0.1, 0.15) is 5.82 Å². The molecule has 1 aliphatic rings. The predicted octanol–water partition coefficient (Wildman–Crippen LogP) is 4.23. The van der Waals surface area contributed by atoms with Crippen molar-refractivity contribution in [3.8, 4) is 0 Å². The summed E-state index contributed by atoms with van der Waals surface area (Å²) in [5.41, 5.74) is 6.53. The van der Waals surface area contributed by atoms with Crippen LogP contribution < -0.4 is 5.73 Å². The van der Waals surface area contributed by atoms with Crippen molar-refractivity contribution in [1.29, 1.82) is 0 Å². The van der Waals surface area contributed by atoms with Crippen molar-refractivity contribution < 1.29 is 0 Å². The maximum Gasteiger partial charge on any atom is 0.108 e. The van der Waals surface area contributed by atoms with Gasteiger partial charge in [0, 0.05) is 30.9 Å². The van der Waals surface area contributed by atoms with Crippen molar-refractivity contribution in [3.05, 3.63) is 18.2 Å². The van der Waals surface area contributed by atoms with Gasteiger partial charge >= 0.3 is 0 Å². The zero-order chi connectivity index (χ0) is 14.2. The number of hydrogen-bond acceptors (Lipinski definition) is 2. The Labute approximate surface area is 124 Å². The summed E-state index contributed by atoms with van der Waals surface area (Å²) in [6.07, 6.45) is 18.4. The molecule has 1 saturated carbocycles. The van der Waals surface area contributed by atoms with Crippen LogP contribution in [0.1, 0.15) is 83.0 Å². The molecule has 0 amide bonds. The number of imidazole rings is 1. The van der Waals surface area contributed by atoms with Crippen LogP contribution >= 0.6 is 0 Å². The highest BCUT2D eigenvalue weighted by Gasteiger charge is 2.21. The minimum atomic E-state index is 0.286. The molecule has 2 rings (SSSR count). The summed E-state index contributed by atoms with van der Waals surface area (Å²) in [7, 11) is 0. The van der Waals surface area contributed by atoms with Crippen LogP contribution in [-0.2, 0) is 6.42 Å². The number of nitrogens with two attached hydrogens (primary N) is 1. The lowest BCUT2D eigenvalue weighted by Gasteiger charge is -2.27. The van der Waals surface area contributed by atoms with Gasteiger partial charge in [-0.3, -0.25) is 0 Å². The molecule has 0 spiro atoms. The topological polar surface area (TPSA) is 43.8 Å². The molecule has 1 aliphatic carbocycles. The van der Waals surface area contributed by atoms with Gasteiger partial charge < -0.3 is 10.3 Å². The van der Waals surface area contributed by atoms with Gasteiger partial charge in [0.25, 0.3) is 0 Å². The number of aryl methyl sites for hydroxylation is 1. The van der Waals surface area contributed by atoms with E-state index in [0.717, 1.165) is 12.8 Å². The molecule has 0 aromatic carbocycles. The van der Waals surface area contributed by atoms with Crippen LogP contribution in [0.3, 0.4) is 0 Å². The first-order chi connectivity index (χ1) is 9.83. The number of aromatic nitrogens is 2. The van der Waals surface area contributed by atoms with Crippen LogP contribution in [0.2, 0.25) is 0 Å². The zero-order valence-corrected chi connectivity index (χ0v) is 13.1. The summed E-state index contributed by atoms with van der Waals surface area (Å²) < 4.78 is 2.36. The molecule has 3 nitrogen and oxygen atoms in total. The normalized spacial score (nSPS) is 26.7. The van der Waals surface area contributed by atoms with E-state index >= 15 is 0 Å². The van der Waals surface area contributed by atoms with E-state index in [1.807, 2.05) is 6.20 Å². The van der Waals surface area contributed by atoms with Gasteiger partial charge in [0.15, 0.2) is 0 Å². The van der Waals surface area contributed by atoms with Crippen molar-refractivity contribution in [2.75, 3.05) is 0 Å². The van der Waals surface area contributed by atoms with E-state index in [1.165, 1.54) is 63.6 Å². The highest BCUT2D eigenvalue weighted by Crippen LogP contribution is 2.25. The Morgan fingerprint density at radius 2 is 1.65 bits per heavy atom. The van der Waals surface area contributed by atoms with Crippen LogP contribution in [-0.4, -0.2) is 15.6 Å². The fraction of sp³-hybridized carbons (Fsp3) is 0.824. The molecule has 1 heterocycles. The van der Waals surface area contributed by atoms with Gasteiger partial charge in [-0.2, -0.15) is 0 Å². The molecule has 114 valence electrons. The van der Waals surface area contributed by atoms with E-state index in [4.69, 9.17) is 5.73 Å². The third-order valence-electron chi connectivity index (χ3n) is 4.70. The summed E-state index contributed by atoms with van der Waals surface area (Å²) in [6, 6.07) is 0.737. The minimum Gasteiger partial charge on any atom is -0.330 e. The molecule has 2 atom stereocenters. The number of rotatable bonds is 2. The Hall–Kier alpha value is -0.830. The molecule has 20 heavy (non-hydrogen) atoms. The summed E-state index contributed by atoms with van der Waals surface area (Å²) in [5, 5.41) is 0. The van der Waals surface area contributed by atoms with Crippen LogP contribution in [0, 0.1) is 0 Å². The lowest BCUT2D eigenvalue weighted by atomic mass is 9.94. The van der Waals surface area contributed by atoms with E-state index in [9.17, 15) is 0 Å². The Morgan fingerprint density at radius 1 is 1.05 bits per heavy atom. The van der Waals surface area contributed by atoms with Crippen LogP contribution in [0.25, 0.3) is 0 Å². The van der Waals surface area contributed by atoms with E-state index < -0.39 is 0 Å². The van der Waals surface area contributed by atoms with Gasteiger partial charge in [-0.25, -0.2) is 4.98 Å². The van der Waals surface area contributed by atoms with E-state index in [0.29, 0.717) is 6.04 Å². The molecule has 0 aliphatic heterocycles. The van der Waals surface area contributed by atoms with Crippen molar-refractivity contribution in [2.45, 2.75) is 89.6 Å². The Balaban J connectivity index is 2.04. The highest BCUT2D eigenvalue weighted by atomic mass is 15.1. The van der Waals surface area contributed by atoms with Crippen molar-refractivity contribution in [2.24, 2.45) is 5.73 Å². The minimum absolute atomic E-state index is 0.286. The zero-order valence-electron chi connectivity index (χ0n) is 13.1. The Bertz CT molecular complexity index is 372. The van der Waals surface area contributed by atoms with Gasteiger partial charge in [-0.05, 0) is 12.8 Å². The second-order valence-corrected chi connectivity index (χ2v) is 6.24. The molecule has 0 bridgehead atoms. The first kappa shape index (κ1) is 15.6. The lowest BCUT2D eigenvalue weighted by Crippen LogP contribution is -2.33. The molecule has 1 fully saturated rings. The molecule has 2 unspecified atom stereocenters. The maximum atomic E-state index is 6.53. The molecule has 0 saturated heterocycles. The molecule has 0 radical (unpaired) electrons. The lowest BCUT2D eigenvalue weighted by molar-refractivity contribution is 0.335. The molecular weight excluding hydrogens is 246 g/mol. The molecule has 2 N–H and O–H groups in total. The molecule has 1 aromatic rings. The first-order valence-electron chi connectivity index (χ1n) is 8.60. The van der Waals surface area contributed by atoms with Gasteiger partial charge in [-0.1, -0.05) is 58.3 Å². The SMILES string of the molecule is CCc1nccn1C1CCCCCCCCCCC1N. The van der Waals surface area contributed by atoms with Crippen LogP contribution in [0.4, 0.5) is 0 Å². The Morgan fingerprint density at radius 3 is 2.30 bits per heavy atom. The van der Waals surface area contributed by atoms with E-state index in [2.05, 4.69) is 22.7 Å². The summed E-state index contributed by atoms with van der Waals surface area (Å²) in [5.74, 6) is 1.19. The van der Waals surface area contributed by atoms with E-state index in [-0.39, 0.29) is 6.04 Å². The highest BCUT2D eigenvalue weighted by molar-refractivity contribution is 4.97. The monoisotopic (exact) mass is 277 g/mol. The van der Waals surface area contributed by atoms with Crippen molar-refractivity contribution in [1.82, 2.24) is 9.55 Å². The van der Waals surface area contributed by atoms with Crippen molar-refractivity contribution >= 4 is 0 Å². The first-order valence-corrected chi connectivity index (χ1v) is 8.60. The third kappa shape index (κ3) is 4.34. The predicted molar refractivity (Wildman–Crippen MR) is 84.8 cm³/mol. The van der Waals surface area contributed by atoms with Gasteiger partial charge in [-0.15, -0.1) is 0 Å². The number of nitrogens with zero attached hydrogens (tertiary/aromatic N) is 2. The van der Waals surface area contributed by atoms with Crippen molar-refractivity contribution in [3.63, 3.8) is 0 Å². The number of hydrogen-bond donors (Lipinski definition) is 1. The van der Waals surface area contributed by atoms with E-state index in [1.54, 1.807) is 0 Å². The van der Waals surface area contributed by atoms with Crippen LogP contribution in [0.15, 0.2) is 12.4 Å². The van der Waals surface area contributed by atoms with Gasteiger partial charge in [0.2, 0.25) is 0 Å². The summed E-state index contributed by atoms with van der Waals surface area (Å²) >= 11 is 0. The quantitative estimate of drug-likeness (QED) is 0.879. The fourth-order valence-corrected chi connectivity index (χ4v) is 3.47. The largest absolute Gasteiger partial charge is 0.330 e. The van der Waals surface area contributed by atoms with Crippen LogP contribution in [0.5, 0.6) is 0 Å².